The van der Waals surface area contributed by atoms with Crippen molar-refractivity contribution >= 4 is 17.8 Å². The molecule has 4 N–H and O–H groups in total. The number of hydrogen-bond donors (Lipinski definition) is 3. The third kappa shape index (κ3) is 3.77. The van der Waals surface area contributed by atoms with Crippen LogP contribution in [0.3, 0.4) is 0 Å². The number of nitrogens with two attached hydrogens (primary N) is 1. The average Bonchev–Trinajstić information content (AvgIpc) is 2.34. The normalized spacial score (nSPS) is 11.9. The molecule has 0 unspecified atom stereocenters. The van der Waals surface area contributed by atoms with E-state index in [4.69, 9.17) is 10.8 Å². The molecule has 0 saturated carbocycles. The molecular weight excluding hydrogens is 250 g/mol. The Balaban J connectivity index is 2.91. The Morgan fingerprint density at radius 2 is 1.84 bits per heavy atom. The highest BCUT2D eigenvalue weighted by molar-refractivity contribution is 5.97. The largest absolute Gasteiger partial charge is 0.477 e. The Kier molecular flexibility index (Phi) is 4.57. The van der Waals surface area contributed by atoms with E-state index in [9.17, 15) is 14.4 Å². The van der Waals surface area contributed by atoms with Crippen molar-refractivity contribution in [2.24, 2.45) is 11.7 Å². The topological polar surface area (TPSA) is 122 Å². The van der Waals surface area contributed by atoms with Crippen molar-refractivity contribution in [1.29, 1.82) is 0 Å². The van der Waals surface area contributed by atoms with Gasteiger partial charge in [0.15, 0.2) is 0 Å². The number of carboxylic acid groups (broad SMARTS) is 1. The van der Waals surface area contributed by atoms with Crippen LogP contribution in [0.25, 0.3) is 0 Å². The first-order valence-corrected chi connectivity index (χ1v) is 5.63. The molecule has 2 amide bonds. The number of aromatic nitrogens is 1. The Labute approximate surface area is 109 Å². The zero-order chi connectivity index (χ0) is 14.6. The second-order valence-electron chi connectivity index (χ2n) is 4.31. The minimum atomic E-state index is -1.23. The number of carbonyl (C=O) groups excluding carboxylic acids is 2. The number of hydrogen-bond acceptors (Lipinski definition) is 4. The van der Waals surface area contributed by atoms with Crippen LogP contribution in [-0.2, 0) is 4.79 Å². The van der Waals surface area contributed by atoms with E-state index >= 15 is 0 Å². The van der Waals surface area contributed by atoms with E-state index in [0.717, 1.165) is 0 Å². The first kappa shape index (κ1) is 14.6. The minimum Gasteiger partial charge on any atom is -0.477 e. The Morgan fingerprint density at radius 1 is 1.26 bits per heavy atom. The van der Waals surface area contributed by atoms with Gasteiger partial charge in [-0.15, -0.1) is 0 Å². The lowest BCUT2D eigenvalue weighted by Gasteiger charge is -2.18. The molecule has 7 heteroatoms. The van der Waals surface area contributed by atoms with Crippen molar-refractivity contribution < 1.29 is 19.5 Å². The Hall–Kier alpha value is -2.44. The van der Waals surface area contributed by atoms with Crippen LogP contribution < -0.4 is 11.1 Å². The second kappa shape index (κ2) is 5.94. The molecule has 1 aromatic rings. The maximum Gasteiger partial charge on any atom is 0.354 e. The van der Waals surface area contributed by atoms with Crippen LogP contribution in [0.5, 0.6) is 0 Å². The molecule has 1 atom stereocenters. The zero-order valence-electron chi connectivity index (χ0n) is 10.6. The van der Waals surface area contributed by atoms with Gasteiger partial charge in [-0.1, -0.05) is 19.9 Å². The molecule has 102 valence electrons. The van der Waals surface area contributed by atoms with Gasteiger partial charge >= 0.3 is 5.97 Å². The van der Waals surface area contributed by atoms with Gasteiger partial charge in [-0.25, -0.2) is 9.78 Å². The van der Waals surface area contributed by atoms with E-state index in [1.54, 1.807) is 13.8 Å². The lowest BCUT2D eigenvalue weighted by Crippen LogP contribution is -2.47. The average molecular weight is 265 g/mol. The summed E-state index contributed by atoms with van der Waals surface area (Å²) in [5.41, 5.74) is 4.85. The predicted octanol–water partition coefficient (Wildman–Crippen LogP) is 0.0195. The number of carboxylic acids is 1. The van der Waals surface area contributed by atoms with Crippen LogP contribution in [0.2, 0.25) is 0 Å². The number of nitrogens with zero attached hydrogens (tertiary/aromatic N) is 1. The fraction of sp³-hybridized carbons (Fsp3) is 0.333. The summed E-state index contributed by atoms with van der Waals surface area (Å²) in [6, 6.07) is 3.20. The van der Waals surface area contributed by atoms with Crippen molar-refractivity contribution in [3.63, 3.8) is 0 Å². The SMILES string of the molecule is CC(C)[C@@H](NC(=O)c1cccc(C(=O)O)n1)C(N)=O. The highest BCUT2D eigenvalue weighted by atomic mass is 16.4. The van der Waals surface area contributed by atoms with Gasteiger partial charge in [0.05, 0.1) is 0 Å². The van der Waals surface area contributed by atoms with Gasteiger partial charge in [-0.2, -0.15) is 0 Å². The molecule has 0 bridgehead atoms. The third-order valence-corrected chi connectivity index (χ3v) is 2.46. The van der Waals surface area contributed by atoms with Crippen molar-refractivity contribution in [3.8, 4) is 0 Å². The van der Waals surface area contributed by atoms with E-state index < -0.39 is 23.8 Å². The first-order valence-electron chi connectivity index (χ1n) is 5.63. The molecule has 1 heterocycles. The standard InChI is InChI=1S/C12H15N3O4/c1-6(2)9(10(13)16)15-11(17)7-4-3-5-8(14-7)12(18)19/h3-6,9H,1-2H3,(H2,13,16)(H,15,17)(H,18,19)/t9-/m1/s1. The molecule has 1 aromatic heterocycles. The van der Waals surface area contributed by atoms with Gasteiger partial charge in [0.1, 0.15) is 17.4 Å². The molecule has 0 fully saturated rings. The van der Waals surface area contributed by atoms with Gasteiger partial charge in [-0.05, 0) is 18.1 Å². The van der Waals surface area contributed by atoms with Crippen molar-refractivity contribution in [2.45, 2.75) is 19.9 Å². The Bertz CT molecular complexity index is 513. The summed E-state index contributed by atoms with van der Waals surface area (Å²) in [6.07, 6.45) is 0. The predicted molar refractivity (Wildman–Crippen MR) is 66.5 cm³/mol. The van der Waals surface area contributed by atoms with Crippen LogP contribution in [0.4, 0.5) is 0 Å². The second-order valence-corrected chi connectivity index (χ2v) is 4.31. The summed E-state index contributed by atoms with van der Waals surface area (Å²) in [5.74, 6) is -2.70. The van der Waals surface area contributed by atoms with Crippen molar-refractivity contribution in [3.05, 3.63) is 29.6 Å². The number of primary amides is 1. The monoisotopic (exact) mass is 265 g/mol. The van der Waals surface area contributed by atoms with Crippen LogP contribution >= 0.6 is 0 Å². The lowest BCUT2D eigenvalue weighted by molar-refractivity contribution is -0.120. The number of nitrogens with one attached hydrogen (secondary N) is 1. The number of pyridine rings is 1. The quantitative estimate of drug-likeness (QED) is 0.692. The summed E-state index contributed by atoms with van der Waals surface area (Å²) in [5, 5.41) is 11.2. The minimum absolute atomic E-state index is 0.0770. The number of amides is 2. The fourth-order valence-electron chi connectivity index (χ4n) is 1.46. The number of carbonyl (C=O) groups is 3. The molecule has 7 nitrogen and oxygen atoms in total. The fourth-order valence-corrected chi connectivity index (χ4v) is 1.46. The summed E-state index contributed by atoms with van der Waals surface area (Å²) in [7, 11) is 0. The lowest BCUT2D eigenvalue weighted by atomic mass is 10.0. The van der Waals surface area contributed by atoms with Crippen LogP contribution in [0.1, 0.15) is 34.8 Å². The molecule has 0 aliphatic heterocycles. The van der Waals surface area contributed by atoms with Crippen molar-refractivity contribution in [2.75, 3.05) is 0 Å². The van der Waals surface area contributed by atoms with E-state index in [0.29, 0.717) is 0 Å². The molecule has 0 radical (unpaired) electrons. The molecule has 19 heavy (non-hydrogen) atoms. The summed E-state index contributed by atoms with van der Waals surface area (Å²) in [4.78, 5) is 37.5. The van der Waals surface area contributed by atoms with E-state index in [2.05, 4.69) is 10.3 Å². The highest BCUT2D eigenvalue weighted by Gasteiger charge is 2.23. The number of rotatable bonds is 5. The summed E-state index contributed by atoms with van der Waals surface area (Å²) >= 11 is 0. The molecule has 0 saturated heterocycles. The van der Waals surface area contributed by atoms with Gasteiger partial charge in [0.25, 0.3) is 5.91 Å². The zero-order valence-corrected chi connectivity index (χ0v) is 10.6. The van der Waals surface area contributed by atoms with Gasteiger partial charge < -0.3 is 16.2 Å². The summed E-state index contributed by atoms with van der Waals surface area (Å²) < 4.78 is 0. The van der Waals surface area contributed by atoms with Crippen LogP contribution in [-0.4, -0.2) is 33.9 Å². The highest BCUT2D eigenvalue weighted by Crippen LogP contribution is 2.04. The molecule has 0 spiro atoms. The van der Waals surface area contributed by atoms with E-state index in [-0.39, 0.29) is 17.3 Å². The molecule has 0 aromatic carbocycles. The summed E-state index contributed by atoms with van der Waals surface area (Å²) in [6.45, 7) is 3.47. The smallest absolute Gasteiger partial charge is 0.354 e. The molecule has 1 rings (SSSR count). The molecular formula is C12H15N3O4. The van der Waals surface area contributed by atoms with Gasteiger partial charge in [0, 0.05) is 0 Å². The van der Waals surface area contributed by atoms with Crippen LogP contribution in [0, 0.1) is 5.92 Å². The van der Waals surface area contributed by atoms with Gasteiger partial charge in [0.2, 0.25) is 5.91 Å². The van der Waals surface area contributed by atoms with E-state index in [1.165, 1.54) is 18.2 Å². The van der Waals surface area contributed by atoms with Crippen molar-refractivity contribution in [1.82, 2.24) is 10.3 Å². The number of aromatic carboxylic acids is 1. The maximum absolute atomic E-state index is 11.9. The Morgan fingerprint density at radius 3 is 2.32 bits per heavy atom. The molecule has 0 aliphatic carbocycles. The molecule has 0 aliphatic rings. The van der Waals surface area contributed by atoms with Gasteiger partial charge in [-0.3, -0.25) is 9.59 Å². The van der Waals surface area contributed by atoms with Crippen LogP contribution in [0.15, 0.2) is 18.2 Å². The van der Waals surface area contributed by atoms with E-state index in [1.807, 2.05) is 0 Å². The maximum atomic E-state index is 11.9. The first-order chi connectivity index (χ1) is 8.82. The third-order valence-electron chi connectivity index (χ3n) is 2.46.